The van der Waals surface area contributed by atoms with E-state index in [1.807, 2.05) is 45.0 Å². The molecule has 8 heteroatoms. The van der Waals surface area contributed by atoms with Crippen molar-refractivity contribution in [3.05, 3.63) is 41.5 Å². The van der Waals surface area contributed by atoms with Gasteiger partial charge in [-0.15, -0.1) is 0 Å². The third-order valence-electron chi connectivity index (χ3n) is 6.46. The molecular weight excluding hydrogens is 422 g/mol. The zero-order valence-corrected chi connectivity index (χ0v) is 19.0. The zero-order valence-electron chi connectivity index (χ0n) is 19.0. The second-order valence-corrected chi connectivity index (χ2v) is 10.1. The smallest absolute Gasteiger partial charge is 0.410 e. The predicted octanol–water partition coefficient (Wildman–Crippen LogP) is 3.01. The number of piperidine rings is 1. The molecule has 0 radical (unpaired) electrons. The monoisotopic (exact) mass is 449 g/mol. The van der Waals surface area contributed by atoms with E-state index in [-0.39, 0.29) is 24.3 Å². The summed E-state index contributed by atoms with van der Waals surface area (Å²) in [6.45, 7) is 6.84. The predicted molar refractivity (Wildman–Crippen MR) is 122 cm³/mol. The van der Waals surface area contributed by atoms with Crippen molar-refractivity contribution in [2.75, 3.05) is 18.0 Å². The number of hydrogen-bond donors (Lipinski definition) is 1. The molecule has 0 spiro atoms. The number of carbonyl (C=O) groups is 4. The fourth-order valence-corrected chi connectivity index (χ4v) is 4.97. The van der Waals surface area contributed by atoms with E-state index in [0.29, 0.717) is 36.7 Å². The van der Waals surface area contributed by atoms with E-state index in [1.54, 1.807) is 11.0 Å². The van der Waals surface area contributed by atoms with Crippen LogP contribution in [0.15, 0.2) is 30.3 Å². The van der Waals surface area contributed by atoms with E-state index in [4.69, 9.17) is 4.74 Å². The maximum absolute atomic E-state index is 13.2. The summed E-state index contributed by atoms with van der Waals surface area (Å²) in [4.78, 5) is 52.8. The van der Waals surface area contributed by atoms with Gasteiger partial charge in [-0.25, -0.2) is 4.79 Å². The van der Waals surface area contributed by atoms with Gasteiger partial charge in [0.05, 0.1) is 5.69 Å². The minimum absolute atomic E-state index is 0.206. The third kappa shape index (κ3) is 3.73. The normalized spacial score (nSPS) is 20.8. The van der Waals surface area contributed by atoms with Crippen LogP contribution in [0.5, 0.6) is 0 Å². The number of anilines is 1. The number of rotatable bonds is 3. The number of carbonyl (C=O) groups excluding carboxylic acids is 4. The Morgan fingerprint density at radius 2 is 1.88 bits per heavy atom. The Bertz CT molecular complexity index is 1190. The first kappa shape index (κ1) is 21.4. The fraction of sp³-hybridized carbons (Fsp3) is 0.440. The van der Waals surface area contributed by atoms with Crippen LogP contribution in [0.4, 0.5) is 10.5 Å². The van der Waals surface area contributed by atoms with Crippen LogP contribution in [-0.2, 0) is 20.7 Å². The van der Waals surface area contributed by atoms with E-state index in [0.717, 1.165) is 22.8 Å². The van der Waals surface area contributed by atoms with Crippen LogP contribution >= 0.6 is 0 Å². The molecule has 2 saturated heterocycles. The lowest BCUT2D eigenvalue weighted by Gasteiger charge is -2.40. The van der Waals surface area contributed by atoms with Gasteiger partial charge in [0.2, 0.25) is 11.8 Å². The molecule has 1 N–H and O–H groups in total. The van der Waals surface area contributed by atoms with Crippen molar-refractivity contribution in [3.8, 4) is 0 Å². The summed E-state index contributed by atoms with van der Waals surface area (Å²) in [5.74, 6) is -0.622. The van der Waals surface area contributed by atoms with E-state index in [9.17, 15) is 19.2 Å². The molecule has 8 nitrogen and oxygen atoms in total. The lowest BCUT2D eigenvalue weighted by Crippen LogP contribution is -2.53. The summed E-state index contributed by atoms with van der Waals surface area (Å²) in [7, 11) is 0. The summed E-state index contributed by atoms with van der Waals surface area (Å²) in [6.07, 6.45) is 1.03. The fourth-order valence-electron chi connectivity index (χ4n) is 4.97. The highest BCUT2D eigenvalue weighted by Crippen LogP contribution is 2.41. The van der Waals surface area contributed by atoms with E-state index in [2.05, 4.69) is 5.32 Å². The minimum Gasteiger partial charge on any atom is -0.444 e. The van der Waals surface area contributed by atoms with Gasteiger partial charge in [0.1, 0.15) is 11.6 Å². The summed E-state index contributed by atoms with van der Waals surface area (Å²) in [5.41, 5.74) is 1.90. The van der Waals surface area contributed by atoms with Crippen LogP contribution in [-0.4, -0.2) is 53.4 Å². The van der Waals surface area contributed by atoms with Gasteiger partial charge >= 0.3 is 6.09 Å². The molecule has 2 fully saturated rings. The molecule has 5 rings (SSSR count). The van der Waals surface area contributed by atoms with Gasteiger partial charge < -0.3 is 9.64 Å². The highest BCUT2D eigenvalue weighted by atomic mass is 16.6. The quantitative estimate of drug-likeness (QED) is 0.727. The van der Waals surface area contributed by atoms with Gasteiger partial charge in [0.25, 0.3) is 5.91 Å². The number of nitrogens with zero attached hydrogens (tertiary/aromatic N) is 2. The first-order valence-corrected chi connectivity index (χ1v) is 11.3. The maximum Gasteiger partial charge on any atom is 0.410 e. The van der Waals surface area contributed by atoms with E-state index >= 15 is 0 Å². The average molecular weight is 450 g/mol. The zero-order chi connectivity index (χ0) is 23.5. The molecule has 172 valence electrons. The number of amides is 4. The van der Waals surface area contributed by atoms with Crippen LogP contribution in [0.3, 0.4) is 0 Å². The van der Waals surface area contributed by atoms with Crippen molar-refractivity contribution in [3.63, 3.8) is 0 Å². The van der Waals surface area contributed by atoms with Gasteiger partial charge in [-0.05, 0) is 62.6 Å². The lowest BCUT2D eigenvalue weighted by atomic mass is 9.89. The van der Waals surface area contributed by atoms with Crippen molar-refractivity contribution < 1.29 is 23.9 Å². The molecule has 0 saturated carbocycles. The molecule has 2 aromatic rings. The first-order chi connectivity index (χ1) is 15.6. The molecule has 0 aliphatic carbocycles. The minimum atomic E-state index is -0.689. The topological polar surface area (TPSA) is 96.0 Å². The van der Waals surface area contributed by atoms with Gasteiger partial charge in [-0.3, -0.25) is 24.6 Å². The Kier molecular flexibility index (Phi) is 4.92. The van der Waals surface area contributed by atoms with Gasteiger partial charge in [0.15, 0.2) is 0 Å². The second-order valence-electron chi connectivity index (χ2n) is 10.1. The summed E-state index contributed by atoms with van der Waals surface area (Å²) in [5, 5.41) is 4.20. The van der Waals surface area contributed by atoms with Gasteiger partial charge in [0, 0.05) is 30.5 Å². The molecular formula is C25H27N3O5. The van der Waals surface area contributed by atoms with Crippen LogP contribution in [0.1, 0.15) is 49.5 Å². The first-order valence-electron chi connectivity index (χ1n) is 11.3. The lowest BCUT2D eigenvalue weighted by molar-refractivity contribution is -0.134. The SMILES string of the molecule is CC(C)(C)OC(=O)N1CC(Cc2ccc3c4c(cccc24)C(=O)N3C2CCC(=O)NC2=O)C1. The maximum atomic E-state index is 13.2. The third-order valence-corrected chi connectivity index (χ3v) is 6.46. The molecule has 4 amide bonds. The summed E-state index contributed by atoms with van der Waals surface area (Å²) < 4.78 is 5.44. The van der Waals surface area contributed by atoms with Crippen LogP contribution in [0.25, 0.3) is 10.8 Å². The number of likely N-dealkylation sites (tertiary alicyclic amines) is 1. The Hall–Kier alpha value is -3.42. The molecule has 2 aromatic carbocycles. The molecule has 3 aliphatic rings. The number of imide groups is 1. The molecule has 33 heavy (non-hydrogen) atoms. The summed E-state index contributed by atoms with van der Waals surface area (Å²) >= 11 is 0. The largest absolute Gasteiger partial charge is 0.444 e. The van der Waals surface area contributed by atoms with Crippen LogP contribution < -0.4 is 10.2 Å². The van der Waals surface area contributed by atoms with Crippen LogP contribution in [0, 0.1) is 5.92 Å². The van der Waals surface area contributed by atoms with E-state index < -0.39 is 17.6 Å². The average Bonchev–Trinajstić information content (AvgIpc) is 2.98. The highest BCUT2D eigenvalue weighted by molar-refractivity contribution is 6.27. The molecule has 0 aromatic heterocycles. The Morgan fingerprint density at radius 1 is 1.12 bits per heavy atom. The molecule has 1 unspecified atom stereocenters. The molecule has 3 aliphatic heterocycles. The van der Waals surface area contributed by atoms with Crippen molar-refractivity contribution in [1.29, 1.82) is 0 Å². The Balaban J connectivity index is 1.37. The van der Waals surface area contributed by atoms with Crippen molar-refractivity contribution >= 4 is 40.3 Å². The van der Waals surface area contributed by atoms with Crippen LogP contribution in [0.2, 0.25) is 0 Å². The van der Waals surface area contributed by atoms with Crippen molar-refractivity contribution in [1.82, 2.24) is 10.2 Å². The number of benzene rings is 2. The van der Waals surface area contributed by atoms with Crippen molar-refractivity contribution in [2.45, 2.75) is 51.7 Å². The number of hydrogen-bond acceptors (Lipinski definition) is 5. The molecule has 0 bridgehead atoms. The Morgan fingerprint density at radius 3 is 2.58 bits per heavy atom. The van der Waals surface area contributed by atoms with E-state index in [1.165, 1.54) is 4.90 Å². The summed E-state index contributed by atoms with van der Waals surface area (Å²) in [6, 6.07) is 8.88. The highest BCUT2D eigenvalue weighted by Gasteiger charge is 2.41. The van der Waals surface area contributed by atoms with Gasteiger partial charge in [-0.1, -0.05) is 18.2 Å². The van der Waals surface area contributed by atoms with Crippen molar-refractivity contribution in [2.24, 2.45) is 5.92 Å². The standard InChI is InChI=1S/C25H27N3O5/c1-25(2,3)33-24(32)27-12-14(13-27)11-15-7-8-18-21-16(15)5-4-6-17(21)23(31)28(18)19-9-10-20(29)26-22(19)30/h4-8,14,19H,9-13H2,1-3H3,(H,26,29,30). The molecule has 1 atom stereocenters. The Labute approximate surface area is 191 Å². The molecule has 3 heterocycles. The number of ether oxygens (including phenoxy) is 1. The van der Waals surface area contributed by atoms with Gasteiger partial charge in [-0.2, -0.15) is 0 Å². The second kappa shape index (κ2) is 7.57. The number of nitrogens with one attached hydrogen (secondary N) is 1.